The zero-order valence-electron chi connectivity index (χ0n) is 13.6. The molecule has 0 aromatic heterocycles. The average molecular weight is 344 g/mol. The van der Waals surface area contributed by atoms with Crippen molar-refractivity contribution in [3.8, 4) is 0 Å². The summed E-state index contributed by atoms with van der Waals surface area (Å²) in [5.41, 5.74) is 0. The van der Waals surface area contributed by atoms with Crippen molar-refractivity contribution in [2.75, 3.05) is 52.7 Å². The van der Waals surface area contributed by atoms with E-state index in [0.29, 0.717) is 26.3 Å². The first-order valence-corrected chi connectivity index (χ1v) is 7.35. The van der Waals surface area contributed by atoms with Crippen molar-refractivity contribution in [2.45, 2.75) is 0 Å². The Hall–Kier alpha value is -2.39. The third-order valence-corrected chi connectivity index (χ3v) is 2.34. The standard InChI is InChI=1S/C15H24N2O7/c1-3-13(18)23-11-9-21-7-5-16-15(20)17-6-8-22-10-12-24-14(19)4-2/h3-4H,1-2,5-12H2,(H2,16,17,20). The highest BCUT2D eigenvalue weighted by Gasteiger charge is 2.00. The molecule has 0 radical (unpaired) electrons. The van der Waals surface area contributed by atoms with Crippen LogP contribution in [0.15, 0.2) is 25.3 Å². The van der Waals surface area contributed by atoms with Gasteiger partial charge in [-0.15, -0.1) is 0 Å². The zero-order valence-corrected chi connectivity index (χ0v) is 13.6. The average Bonchev–Trinajstić information content (AvgIpc) is 2.59. The number of carbonyl (C=O) groups excluding carboxylic acids is 3. The van der Waals surface area contributed by atoms with Gasteiger partial charge in [-0.25, -0.2) is 14.4 Å². The maximum absolute atomic E-state index is 11.4. The molecule has 0 atom stereocenters. The van der Waals surface area contributed by atoms with Gasteiger partial charge < -0.3 is 29.6 Å². The Labute approximate surface area is 141 Å². The molecule has 9 nitrogen and oxygen atoms in total. The van der Waals surface area contributed by atoms with Crippen molar-refractivity contribution in [3.63, 3.8) is 0 Å². The Bertz CT molecular complexity index is 377. The van der Waals surface area contributed by atoms with Crippen molar-refractivity contribution >= 4 is 18.0 Å². The molecule has 0 spiro atoms. The molecule has 0 fully saturated rings. The minimum absolute atomic E-state index is 0.135. The highest BCUT2D eigenvalue weighted by Crippen LogP contribution is 1.82. The van der Waals surface area contributed by atoms with E-state index in [0.717, 1.165) is 12.2 Å². The molecule has 0 saturated heterocycles. The van der Waals surface area contributed by atoms with Gasteiger partial charge >= 0.3 is 18.0 Å². The number of rotatable bonds is 14. The van der Waals surface area contributed by atoms with E-state index in [1.54, 1.807) is 0 Å². The van der Waals surface area contributed by atoms with E-state index in [9.17, 15) is 14.4 Å². The number of hydrogen-bond donors (Lipinski definition) is 2. The summed E-state index contributed by atoms with van der Waals surface area (Å²) in [6.07, 6.45) is 2.15. The molecule has 136 valence electrons. The van der Waals surface area contributed by atoms with Gasteiger partial charge in [-0.1, -0.05) is 13.2 Å². The van der Waals surface area contributed by atoms with Crippen LogP contribution in [0.25, 0.3) is 0 Å². The van der Waals surface area contributed by atoms with E-state index in [4.69, 9.17) is 18.9 Å². The monoisotopic (exact) mass is 344 g/mol. The molecule has 0 aliphatic carbocycles. The molecule has 24 heavy (non-hydrogen) atoms. The Morgan fingerprint density at radius 3 is 1.50 bits per heavy atom. The molecular formula is C15H24N2O7. The fourth-order valence-electron chi connectivity index (χ4n) is 1.26. The number of carbonyl (C=O) groups is 3. The molecule has 0 rings (SSSR count). The fraction of sp³-hybridized carbons (Fsp3) is 0.533. The third kappa shape index (κ3) is 14.5. The number of nitrogens with one attached hydrogen (secondary N) is 2. The summed E-state index contributed by atoms with van der Waals surface area (Å²) in [5, 5.41) is 5.17. The lowest BCUT2D eigenvalue weighted by Crippen LogP contribution is -2.39. The number of ether oxygens (including phenoxy) is 4. The first kappa shape index (κ1) is 21.6. The number of amides is 2. The molecule has 0 aliphatic rings. The molecule has 9 heteroatoms. The molecule has 2 N–H and O–H groups in total. The van der Waals surface area contributed by atoms with Gasteiger partial charge in [0.1, 0.15) is 13.2 Å². The second-order valence-electron chi connectivity index (χ2n) is 4.15. The van der Waals surface area contributed by atoms with Gasteiger partial charge in [0.2, 0.25) is 0 Å². The van der Waals surface area contributed by atoms with Crippen LogP contribution in [0.2, 0.25) is 0 Å². The smallest absolute Gasteiger partial charge is 0.330 e. The van der Waals surface area contributed by atoms with Crippen LogP contribution < -0.4 is 10.6 Å². The van der Waals surface area contributed by atoms with Crippen molar-refractivity contribution in [1.82, 2.24) is 10.6 Å². The summed E-state index contributed by atoms with van der Waals surface area (Å²) in [7, 11) is 0. The molecule has 0 aromatic carbocycles. The van der Waals surface area contributed by atoms with Gasteiger partial charge in [0, 0.05) is 25.2 Å². The van der Waals surface area contributed by atoms with Crippen LogP contribution >= 0.6 is 0 Å². The maximum Gasteiger partial charge on any atom is 0.330 e. The van der Waals surface area contributed by atoms with Crippen LogP contribution in [0.3, 0.4) is 0 Å². The van der Waals surface area contributed by atoms with Gasteiger partial charge in [-0.2, -0.15) is 0 Å². The quantitative estimate of drug-likeness (QED) is 0.254. The molecule has 0 saturated carbocycles. The number of hydrogen-bond acceptors (Lipinski definition) is 7. The molecule has 0 aliphatic heterocycles. The summed E-state index contributed by atoms with van der Waals surface area (Å²) >= 11 is 0. The highest BCUT2D eigenvalue weighted by molar-refractivity contribution is 5.81. The normalized spacial score (nSPS) is 9.67. The Morgan fingerprint density at radius 2 is 1.12 bits per heavy atom. The number of esters is 2. The second-order valence-corrected chi connectivity index (χ2v) is 4.15. The van der Waals surface area contributed by atoms with Gasteiger partial charge in [0.05, 0.1) is 26.4 Å². The Balaban J connectivity index is 3.29. The topological polar surface area (TPSA) is 112 Å². The van der Waals surface area contributed by atoms with Crippen molar-refractivity contribution in [2.24, 2.45) is 0 Å². The Morgan fingerprint density at radius 1 is 0.708 bits per heavy atom. The van der Waals surface area contributed by atoms with Crippen LogP contribution in [0.1, 0.15) is 0 Å². The van der Waals surface area contributed by atoms with Crippen LogP contribution in [0, 0.1) is 0 Å². The van der Waals surface area contributed by atoms with Gasteiger partial charge in [0.15, 0.2) is 0 Å². The Kier molecular flexibility index (Phi) is 14.0. The first-order chi connectivity index (χ1) is 11.6. The predicted molar refractivity (Wildman–Crippen MR) is 85.4 cm³/mol. The second kappa shape index (κ2) is 15.5. The molecule has 2 amide bonds. The first-order valence-electron chi connectivity index (χ1n) is 7.35. The predicted octanol–water partition coefficient (Wildman–Crippen LogP) is -0.223. The molecular weight excluding hydrogens is 320 g/mol. The molecule has 0 heterocycles. The lowest BCUT2D eigenvalue weighted by Gasteiger charge is -2.09. The van der Waals surface area contributed by atoms with Gasteiger partial charge in [-0.3, -0.25) is 0 Å². The molecule has 0 aromatic rings. The number of urea groups is 1. The van der Waals surface area contributed by atoms with Crippen LogP contribution in [0.5, 0.6) is 0 Å². The summed E-state index contributed by atoms with van der Waals surface area (Å²) in [5.74, 6) is -1.01. The van der Waals surface area contributed by atoms with Crippen LogP contribution in [-0.4, -0.2) is 70.7 Å². The van der Waals surface area contributed by atoms with E-state index in [1.807, 2.05) is 0 Å². The summed E-state index contributed by atoms with van der Waals surface area (Å²) in [6.45, 7) is 8.51. The van der Waals surface area contributed by atoms with E-state index >= 15 is 0 Å². The lowest BCUT2D eigenvalue weighted by molar-refractivity contribution is -0.140. The summed E-state index contributed by atoms with van der Waals surface area (Å²) in [4.78, 5) is 32.8. The molecule has 0 unspecified atom stereocenters. The fourth-order valence-corrected chi connectivity index (χ4v) is 1.26. The van der Waals surface area contributed by atoms with Gasteiger partial charge in [-0.05, 0) is 0 Å². The van der Waals surface area contributed by atoms with Crippen molar-refractivity contribution in [3.05, 3.63) is 25.3 Å². The van der Waals surface area contributed by atoms with E-state index in [-0.39, 0.29) is 32.5 Å². The lowest BCUT2D eigenvalue weighted by atomic mass is 10.6. The van der Waals surface area contributed by atoms with E-state index in [2.05, 4.69) is 23.8 Å². The maximum atomic E-state index is 11.4. The summed E-state index contributed by atoms with van der Waals surface area (Å²) in [6, 6.07) is -0.349. The minimum atomic E-state index is -0.503. The van der Waals surface area contributed by atoms with Crippen molar-refractivity contribution < 1.29 is 33.3 Å². The van der Waals surface area contributed by atoms with Crippen molar-refractivity contribution in [1.29, 1.82) is 0 Å². The minimum Gasteiger partial charge on any atom is -0.460 e. The van der Waals surface area contributed by atoms with E-state index < -0.39 is 11.9 Å². The zero-order chi connectivity index (χ0) is 18.0. The van der Waals surface area contributed by atoms with Crippen LogP contribution in [-0.2, 0) is 28.5 Å². The summed E-state index contributed by atoms with van der Waals surface area (Å²) < 4.78 is 19.7. The highest BCUT2D eigenvalue weighted by atomic mass is 16.6. The molecule has 0 bridgehead atoms. The van der Waals surface area contributed by atoms with E-state index in [1.165, 1.54) is 0 Å². The largest absolute Gasteiger partial charge is 0.460 e. The van der Waals surface area contributed by atoms with Crippen LogP contribution in [0.4, 0.5) is 4.79 Å². The SMILES string of the molecule is C=CC(=O)OCCOCCNC(=O)NCCOCCOC(=O)C=C. The van der Waals surface area contributed by atoms with Gasteiger partial charge in [0.25, 0.3) is 0 Å². The third-order valence-electron chi connectivity index (χ3n) is 2.34.